The minimum Gasteiger partial charge on any atom is -0.456 e. The van der Waals surface area contributed by atoms with Gasteiger partial charge in [-0.3, -0.25) is 14.7 Å². The number of piperidine rings is 1. The molecule has 168 valence electrons. The summed E-state index contributed by atoms with van der Waals surface area (Å²) in [5, 5.41) is 10.8. The lowest BCUT2D eigenvalue weighted by molar-refractivity contribution is -0.138. The van der Waals surface area contributed by atoms with Crippen molar-refractivity contribution in [2.24, 2.45) is 5.41 Å². The minimum absolute atomic E-state index is 0.0608. The van der Waals surface area contributed by atoms with E-state index in [9.17, 15) is 14.0 Å². The molecule has 12 heteroatoms. The Morgan fingerprint density at radius 1 is 1.16 bits per heavy atom. The van der Waals surface area contributed by atoms with Gasteiger partial charge in [-0.1, -0.05) is 0 Å². The van der Waals surface area contributed by atoms with Crippen LogP contribution >= 0.6 is 0 Å². The lowest BCUT2D eigenvalue weighted by Crippen LogP contribution is -2.45. The number of ether oxygens (including phenoxy) is 1. The third-order valence-corrected chi connectivity index (χ3v) is 6.71. The molecule has 3 aliphatic rings. The summed E-state index contributed by atoms with van der Waals surface area (Å²) in [7, 11) is 0. The topological polar surface area (TPSA) is 119 Å². The molecule has 5 rings (SSSR count). The number of hydrogen-bond acceptors (Lipinski definition) is 9. The highest BCUT2D eigenvalue weighted by Gasteiger charge is 2.50. The van der Waals surface area contributed by atoms with Crippen LogP contribution in [0.1, 0.15) is 38.1 Å². The smallest absolute Gasteiger partial charge is 0.336 e. The molecule has 32 heavy (non-hydrogen) atoms. The van der Waals surface area contributed by atoms with Gasteiger partial charge in [0.2, 0.25) is 5.91 Å². The lowest BCUT2D eigenvalue weighted by Gasteiger charge is -2.38. The zero-order valence-electron chi connectivity index (χ0n) is 17.6. The first-order valence-corrected chi connectivity index (χ1v) is 10.6. The summed E-state index contributed by atoms with van der Waals surface area (Å²) >= 11 is 0. The van der Waals surface area contributed by atoms with Gasteiger partial charge in [0.1, 0.15) is 12.9 Å². The van der Waals surface area contributed by atoms with Gasteiger partial charge < -0.3 is 9.64 Å². The maximum absolute atomic E-state index is 14.9. The molecule has 1 atom stereocenters. The van der Waals surface area contributed by atoms with E-state index in [1.807, 2.05) is 4.90 Å². The lowest BCUT2D eigenvalue weighted by atomic mass is 9.77. The zero-order chi connectivity index (χ0) is 22.3. The number of alkyl halides is 1. The summed E-state index contributed by atoms with van der Waals surface area (Å²) in [6.07, 6.45) is 5.01. The van der Waals surface area contributed by atoms with Gasteiger partial charge in [0.05, 0.1) is 34.8 Å². The van der Waals surface area contributed by atoms with Gasteiger partial charge in [-0.25, -0.2) is 14.2 Å². The number of cyclic esters (lactones) is 1. The van der Waals surface area contributed by atoms with Crippen molar-refractivity contribution in [3.05, 3.63) is 35.7 Å². The summed E-state index contributed by atoms with van der Waals surface area (Å²) in [5.41, 5.74) is 1.01. The van der Waals surface area contributed by atoms with Crippen molar-refractivity contribution in [3.63, 3.8) is 0 Å². The van der Waals surface area contributed by atoms with E-state index in [2.05, 4.69) is 25.5 Å². The molecule has 2 saturated heterocycles. The van der Waals surface area contributed by atoms with Gasteiger partial charge in [-0.2, -0.15) is 4.68 Å². The summed E-state index contributed by atoms with van der Waals surface area (Å²) in [4.78, 5) is 37.0. The maximum Gasteiger partial charge on any atom is 0.336 e. The first-order chi connectivity index (χ1) is 15.5. The quantitative estimate of drug-likeness (QED) is 0.613. The molecule has 1 amide bonds. The maximum atomic E-state index is 14.9. The second kappa shape index (κ2) is 8.01. The van der Waals surface area contributed by atoms with Crippen molar-refractivity contribution in [2.45, 2.75) is 32.4 Å². The van der Waals surface area contributed by atoms with Crippen molar-refractivity contribution < 1.29 is 18.7 Å². The van der Waals surface area contributed by atoms with E-state index in [0.717, 1.165) is 6.42 Å². The highest BCUT2D eigenvalue weighted by Crippen LogP contribution is 2.44. The highest BCUT2D eigenvalue weighted by atomic mass is 19.1. The van der Waals surface area contributed by atoms with E-state index in [1.165, 1.54) is 23.4 Å². The minimum atomic E-state index is -1.29. The Kier molecular flexibility index (Phi) is 5.16. The Balaban J connectivity index is 1.18. The normalized spacial score (nSPS) is 22.1. The van der Waals surface area contributed by atoms with E-state index < -0.39 is 11.6 Å². The van der Waals surface area contributed by atoms with Crippen molar-refractivity contribution in [1.82, 2.24) is 40.0 Å². The van der Waals surface area contributed by atoms with E-state index in [4.69, 9.17) is 4.74 Å². The third-order valence-electron chi connectivity index (χ3n) is 6.71. The van der Waals surface area contributed by atoms with E-state index >= 15 is 0 Å². The molecule has 2 fully saturated rings. The second-order valence-corrected chi connectivity index (χ2v) is 8.46. The zero-order valence-corrected chi connectivity index (χ0v) is 17.6. The number of amides is 1. The molecule has 1 spiro atoms. The summed E-state index contributed by atoms with van der Waals surface area (Å²) in [6.45, 7) is 3.91. The van der Waals surface area contributed by atoms with Crippen LogP contribution in [0.4, 0.5) is 4.39 Å². The van der Waals surface area contributed by atoms with Crippen LogP contribution in [0.25, 0.3) is 5.82 Å². The van der Waals surface area contributed by atoms with Crippen molar-refractivity contribution in [3.8, 4) is 5.82 Å². The molecule has 0 unspecified atom stereocenters. The number of tetrazole rings is 1. The highest BCUT2D eigenvalue weighted by molar-refractivity contribution is 5.94. The number of rotatable bonds is 5. The number of halogens is 1. The number of hydrogen-bond donors (Lipinski definition) is 0. The first kappa shape index (κ1) is 20.6. The fourth-order valence-corrected chi connectivity index (χ4v) is 4.65. The average Bonchev–Trinajstić information content (AvgIpc) is 3.53. The molecule has 0 aliphatic carbocycles. The number of carbonyl (C=O) groups is 2. The largest absolute Gasteiger partial charge is 0.456 e. The molecule has 2 aromatic rings. The SMILES string of the molecule is CC1=C(N2CCC3(CCN(C[C@H](F)c4cnc(-n5cnnn5)cn4)CC3)C2=O)COC1=O. The van der Waals surface area contributed by atoms with Gasteiger partial charge in [0.15, 0.2) is 12.0 Å². The first-order valence-electron chi connectivity index (χ1n) is 10.6. The summed E-state index contributed by atoms with van der Waals surface area (Å²) < 4.78 is 21.3. The number of carbonyl (C=O) groups excluding carboxylic acids is 2. The average molecular weight is 442 g/mol. The van der Waals surface area contributed by atoms with Crippen molar-refractivity contribution >= 4 is 11.9 Å². The Morgan fingerprint density at radius 3 is 2.56 bits per heavy atom. The van der Waals surface area contributed by atoms with Crippen LogP contribution < -0.4 is 0 Å². The van der Waals surface area contributed by atoms with Crippen LogP contribution in [0, 0.1) is 5.41 Å². The van der Waals surface area contributed by atoms with Gasteiger partial charge in [-0.05, 0) is 49.7 Å². The predicted octanol–water partition coefficient (Wildman–Crippen LogP) is 0.608. The molecular formula is C20H23FN8O3. The molecule has 0 radical (unpaired) electrons. The Hall–Kier alpha value is -3.28. The molecule has 0 aromatic carbocycles. The number of aromatic nitrogens is 6. The van der Waals surface area contributed by atoms with Crippen LogP contribution in [0.3, 0.4) is 0 Å². The third kappa shape index (κ3) is 3.53. The molecule has 0 saturated carbocycles. The summed E-state index contributed by atoms with van der Waals surface area (Å²) in [5.74, 6) is 0.118. The fraction of sp³-hybridized carbons (Fsp3) is 0.550. The van der Waals surface area contributed by atoms with Gasteiger partial charge >= 0.3 is 5.97 Å². The van der Waals surface area contributed by atoms with Crippen LogP contribution in [0.2, 0.25) is 0 Å². The molecule has 0 bridgehead atoms. The number of likely N-dealkylation sites (tertiary alicyclic amines) is 2. The Morgan fingerprint density at radius 2 is 1.94 bits per heavy atom. The summed E-state index contributed by atoms with van der Waals surface area (Å²) in [6, 6.07) is 0. The van der Waals surface area contributed by atoms with Crippen LogP contribution in [-0.4, -0.2) is 84.6 Å². The van der Waals surface area contributed by atoms with E-state index in [-0.39, 0.29) is 30.7 Å². The molecule has 0 N–H and O–H groups in total. The van der Waals surface area contributed by atoms with Crippen molar-refractivity contribution in [1.29, 1.82) is 0 Å². The molecule has 2 aromatic heterocycles. The standard InChI is InChI=1S/C20H23FN8O3/c1-13-16(11-32-18(13)30)28-7-4-20(19(28)31)2-5-27(6-3-20)10-14(21)15-8-23-17(9-22-15)29-12-24-25-26-29/h8-9,12,14H,2-7,10-11H2,1H3/t14-/m0/s1. The number of esters is 1. The van der Waals surface area contributed by atoms with Crippen LogP contribution in [0.15, 0.2) is 30.0 Å². The van der Waals surface area contributed by atoms with Crippen molar-refractivity contribution in [2.75, 3.05) is 32.8 Å². The molecule has 5 heterocycles. The van der Waals surface area contributed by atoms with Gasteiger partial charge in [0, 0.05) is 13.1 Å². The van der Waals surface area contributed by atoms with Gasteiger partial charge in [0.25, 0.3) is 0 Å². The molecule has 3 aliphatic heterocycles. The molecule has 11 nitrogen and oxygen atoms in total. The second-order valence-electron chi connectivity index (χ2n) is 8.46. The predicted molar refractivity (Wildman–Crippen MR) is 107 cm³/mol. The Bertz CT molecular complexity index is 1050. The van der Waals surface area contributed by atoms with Crippen LogP contribution in [0.5, 0.6) is 0 Å². The van der Waals surface area contributed by atoms with E-state index in [0.29, 0.717) is 49.6 Å². The van der Waals surface area contributed by atoms with E-state index in [1.54, 1.807) is 11.8 Å². The Labute approximate surface area is 183 Å². The monoisotopic (exact) mass is 442 g/mol. The number of nitrogens with zero attached hydrogens (tertiary/aromatic N) is 8. The molecular weight excluding hydrogens is 419 g/mol. The fourth-order valence-electron chi connectivity index (χ4n) is 4.65. The van der Waals surface area contributed by atoms with Crippen LogP contribution in [-0.2, 0) is 14.3 Å². The van der Waals surface area contributed by atoms with Gasteiger partial charge in [-0.15, -0.1) is 5.10 Å².